The molecule has 0 atom stereocenters. The van der Waals surface area contributed by atoms with Crippen LogP contribution in [-0.4, -0.2) is 16.7 Å². The van der Waals surface area contributed by atoms with Crippen LogP contribution in [0, 0.1) is 0 Å². The highest BCUT2D eigenvalue weighted by Crippen LogP contribution is 1.83. The van der Waals surface area contributed by atoms with Crippen molar-refractivity contribution in [1.82, 2.24) is 9.55 Å². The van der Waals surface area contributed by atoms with Gasteiger partial charge < -0.3 is 9.30 Å². The molecule has 1 heterocycles. The second-order valence-electron chi connectivity index (χ2n) is 1.49. The SMILES string of the molecule is COCn1ccnc1. The molecule has 0 radical (unpaired) electrons. The molecule has 0 bridgehead atoms. The zero-order valence-electron chi connectivity index (χ0n) is 4.74. The van der Waals surface area contributed by atoms with Crippen molar-refractivity contribution in [3.63, 3.8) is 0 Å². The molecule has 44 valence electrons. The van der Waals surface area contributed by atoms with E-state index in [0.29, 0.717) is 6.73 Å². The van der Waals surface area contributed by atoms with Crippen molar-refractivity contribution in [2.24, 2.45) is 0 Å². The van der Waals surface area contributed by atoms with Gasteiger partial charge in [0.15, 0.2) is 0 Å². The highest BCUT2D eigenvalue weighted by molar-refractivity contribution is 4.71. The Bertz CT molecular complexity index is 136. The van der Waals surface area contributed by atoms with Crippen LogP contribution in [0.4, 0.5) is 0 Å². The molecular weight excluding hydrogens is 104 g/mol. The van der Waals surface area contributed by atoms with Gasteiger partial charge in [-0.25, -0.2) is 4.98 Å². The third-order valence-corrected chi connectivity index (χ3v) is 0.837. The fourth-order valence-corrected chi connectivity index (χ4v) is 0.512. The van der Waals surface area contributed by atoms with Gasteiger partial charge in [-0.05, 0) is 0 Å². The Hall–Kier alpha value is -0.830. The molecule has 0 fully saturated rings. The van der Waals surface area contributed by atoms with Crippen LogP contribution in [0.3, 0.4) is 0 Å². The molecule has 1 aromatic heterocycles. The van der Waals surface area contributed by atoms with Crippen molar-refractivity contribution < 1.29 is 4.74 Å². The lowest BCUT2D eigenvalue weighted by molar-refractivity contribution is 0.131. The maximum absolute atomic E-state index is 4.81. The first-order chi connectivity index (χ1) is 3.93. The van der Waals surface area contributed by atoms with E-state index in [1.165, 1.54) is 0 Å². The van der Waals surface area contributed by atoms with Crippen molar-refractivity contribution in [2.75, 3.05) is 7.11 Å². The quantitative estimate of drug-likeness (QED) is 0.556. The molecule has 0 saturated heterocycles. The summed E-state index contributed by atoms with van der Waals surface area (Å²) in [6.07, 6.45) is 5.28. The molecule has 1 rings (SSSR count). The van der Waals surface area contributed by atoms with Crippen molar-refractivity contribution in [3.8, 4) is 0 Å². The summed E-state index contributed by atoms with van der Waals surface area (Å²) >= 11 is 0. The number of hydrogen-bond donors (Lipinski definition) is 0. The molecule has 8 heavy (non-hydrogen) atoms. The van der Waals surface area contributed by atoms with Crippen molar-refractivity contribution in [2.45, 2.75) is 6.73 Å². The van der Waals surface area contributed by atoms with Crippen LogP contribution < -0.4 is 0 Å². The third kappa shape index (κ3) is 1.07. The first-order valence-electron chi connectivity index (χ1n) is 2.38. The molecule has 0 aliphatic heterocycles. The van der Waals surface area contributed by atoms with Gasteiger partial charge in [-0.15, -0.1) is 0 Å². The Morgan fingerprint density at radius 2 is 2.62 bits per heavy atom. The molecule has 0 amide bonds. The van der Waals surface area contributed by atoms with E-state index in [4.69, 9.17) is 4.74 Å². The van der Waals surface area contributed by atoms with Gasteiger partial charge in [0, 0.05) is 19.5 Å². The maximum Gasteiger partial charge on any atom is 0.123 e. The molecule has 0 saturated carbocycles. The monoisotopic (exact) mass is 112 g/mol. The van der Waals surface area contributed by atoms with Gasteiger partial charge in [0.05, 0.1) is 6.33 Å². The topological polar surface area (TPSA) is 27.1 Å². The second-order valence-corrected chi connectivity index (χ2v) is 1.49. The van der Waals surface area contributed by atoms with E-state index < -0.39 is 0 Å². The van der Waals surface area contributed by atoms with Gasteiger partial charge in [-0.3, -0.25) is 0 Å². The molecule has 1 aromatic rings. The van der Waals surface area contributed by atoms with E-state index in [-0.39, 0.29) is 0 Å². The summed E-state index contributed by atoms with van der Waals surface area (Å²) in [5, 5.41) is 0. The summed E-state index contributed by atoms with van der Waals surface area (Å²) in [6, 6.07) is 0. The molecule has 3 nitrogen and oxygen atoms in total. The number of aromatic nitrogens is 2. The first kappa shape index (κ1) is 5.31. The standard InChI is InChI=1S/C5H8N2O/c1-8-5-7-3-2-6-4-7/h2-4H,5H2,1H3. The lowest BCUT2D eigenvalue weighted by atomic mass is 10.9. The summed E-state index contributed by atoms with van der Waals surface area (Å²) in [7, 11) is 1.65. The Balaban J connectivity index is 2.50. The van der Waals surface area contributed by atoms with Crippen molar-refractivity contribution in [1.29, 1.82) is 0 Å². The number of imidazole rings is 1. The van der Waals surface area contributed by atoms with Crippen LogP contribution in [0.15, 0.2) is 18.7 Å². The molecule has 0 aromatic carbocycles. The summed E-state index contributed by atoms with van der Waals surface area (Å²) < 4.78 is 6.66. The zero-order valence-corrected chi connectivity index (χ0v) is 4.74. The first-order valence-corrected chi connectivity index (χ1v) is 2.38. The van der Waals surface area contributed by atoms with Gasteiger partial charge in [-0.2, -0.15) is 0 Å². The van der Waals surface area contributed by atoms with E-state index >= 15 is 0 Å². The van der Waals surface area contributed by atoms with Gasteiger partial charge >= 0.3 is 0 Å². The molecule has 0 N–H and O–H groups in total. The van der Waals surface area contributed by atoms with Gasteiger partial charge in [0.25, 0.3) is 0 Å². The average molecular weight is 112 g/mol. The normalized spacial score (nSPS) is 9.62. The van der Waals surface area contributed by atoms with E-state index in [9.17, 15) is 0 Å². The van der Waals surface area contributed by atoms with Crippen LogP contribution in [0.2, 0.25) is 0 Å². The van der Waals surface area contributed by atoms with Crippen LogP contribution in [0.5, 0.6) is 0 Å². The highest BCUT2D eigenvalue weighted by atomic mass is 16.5. The molecule has 0 spiro atoms. The van der Waals surface area contributed by atoms with E-state index in [2.05, 4.69) is 4.98 Å². The van der Waals surface area contributed by atoms with E-state index in [1.54, 1.807) is 19.6 Å². The maximum atomic E-state index is 4.81. The Kier molecular flexibility index (Phi) is 1.64. The van der Waals surface area contributed by atoms with Gasteiger partial charge in [0.2, 0.25) is 0 Å². The zero-order chi connectivity index (χ0) is 5.82. The van der Waals surface area contributed by atoms with Crippen LogP contribution in [0.25, 0.3) is 0 Å². The number of hydrogen-bond acceptors (Lipinski definition) is 2. The van der Waals surface area contributed by atoms with E-state index in [0.717, 1.165) is 0 Å². The molecule has 0 aliphatic rings. The molecule has 3 heteroatoms. The van der Waals surface area contributed by atoms with Crippen LogP contribution in [-0.2, 0) is 11.5 Å². The number of methoxy groups -OCH3 is 1. The lowest BCUT2D eigenvalue weighted by Gasteiger charge is -1.95. The third-order valence-electron chi connectivity index (χ3n) is 0.837. The van der Waals surface area contributed by atoms with Crippen molar-refractivity contribution >= 4 is 0 Å². The Labute approximate surface area is 47.9 Å². The predicted molar refractivity (Wildman–Crippen MR) is 29.2 cm³/mol. The van der Waals surface area contributed by atoms with Crippen molar-refractivity contribution in [3.05, 3.63) is 18.7 Å². The Morgan fingerprint density at radius 1 is 1.75 bits per heavy atom. The number of nitrogens with zero attached hydrogens (tertiary/aromatic N) is 2. The average Bonchev–Trinajstić information content (AvgIpc) is 2.19. The highest BCUT2D eigenvalue weighted by Gasteiger charge is 1.81. The van der Waals surface area contributed by atoms with Gasteiger partial charge in [0.1, 0.15) is 6.73 Å². The molecule has 0 aliphatic carbocycles. The fraction of sp³-hybridized carbons (Fsp3) is 0.400. The summed E-state index contributed by atoms with van der Waals surface area (Å²) in [4.78, 5) is 3.82. The molecule has 0 unspecified atom stereocenters. The molecular formula is C5H8N2O. The minimum absolute atomic E-state index is 0.583. The van der Waals surface area contributed by atoms with Crippen LogP contribution in [0.1, 0.15) is 0 Å². The minimum Gasteiger partial charge on any atom is -0.364 e. The Morgan fingerprint density at radius 3 is 3.12 bits per heavy atom. The van der Waals surface area contributed by atoms with E-state index in [1.807, 2.05) is 10.8 Å². The summed E-state index contributed by atoms with van der Waals surface area (Å²) in [5.41, 5.74) is 0. The minimum atomic E-state index is 0.583. The second kappa shape index (κ2) is 2.47. The smallest absolute Gasteiger partial charge is 0.123 e. The fourth-order valence-electron chi connectivity index (χ4n) is 0.512. The van der Waals surface area contributed by atoms with Crippen LogP contribution >= 0.6 is 0 Å². The number of ether oxygens (including phenoxy) is 1. The summed E-state index contributed by atoms with van der Waals surface area (Å²) in [5.74, 6) is 0. The lowest BCUT2D eigenvalue weighted by Crippen LogP contribution is -1.94. The predicted octanol–water partition coefficient (Wildman–Crippen LogP) is 0.487. The van der Waals surface area contributed by atoms with Gasteiger partial charge in [-0.1, -0.05) is 0 Å². The number of rotatable bonds is 2. The largest absolute Gasteiger partial charge is 0.364 e. The summed E-state index contributed by atoms with van der Waals surface area (Å²) in [6.45, 7) is 0.583.